The number of rotatable bonds is 4. The summed E-state index contributed by atoms with van der Waals surface area (Å²) in [6, 6.07) is 5.67. The fourth-order valence-electron chi connectivity index (χ4n) is 3.50. The predicted molar refractivity (Wildman–Crippen MR) is 100 cm³/mol. The molecule has 0 aliphatic carbocycles. The van der Waals surface area contributed by atoms with E-state index < -0.39 is 24.2 Å². The number of ether oxygens (including phenoxy) is 1. The van der Waals surface area contributed by atoms with Gasteiger partial charge in [-0.1, -0.05) is 23.4 Å². The minimum absolute atomic E-state index is 0.0304. The minimum Gasteiger partial charge on any atom is -0.496 e. The van der Waals surface area contributed by atoms with E-state index in [0.29, 0.717) is 17.1 Å². The van der Waals surface area contributed by atoms with Crippen molar-refractivity contribution in [3.05, 3.63) is 53.4 Å². The van der Waals surface area contributed by atoms with E-state index in [-0.39, 0.29) is 23.6 Å². The van der Waals surface area contributed by atoms with Crippen molar-refractivity contribution >= 4 is 17.5 Å². The number of carbonyl (C=O) groups excluding carboxylic acids is 1. The molecular weight excluding hydrogens is 403 g/mol. The number of hydrogen-bond donors (Lipinski definition) is 2. The Hall–Kier alpha value is -3.50. The van der Waals surface area contributed by atoms with Gasteiger partial charge in [0, 0.05) is 18.1 Å². The van der Waals surface area contributed by atoms with E-state index >= 15 is 0 Å². The summed E-state index contributed by atoms with van der Waals surface area (Å²) < 4.78 is 52.4. The molecule has 1 aliphatic rings. The van der Waals surface area contributed by atoms with Crippen molar-refractivity contribution in [1.29, 1.82) is 0 Å². The number of aryl methyl sites for hydroxylation is 1. The highest BCUT2D eigenvalue weighted by atomic mass is 19.4. The normalized spacial score (nSPS) is 18.4. The zero-order valence-electron chi connectivity index (χ0n) is 16.0. The van der Waals surface area contributed by atoms with Crippen LogP contribution in [-0.4, -0.2) is 34.1 Å². The molecule has 1 aromatic carbocycles. The van der Waals surface area contributed by atoms with E-state index in [1.54, 1.807) is 31.2 Å². The van der Waals surface area contributed by atoms with Gasteiger partial charge in [0.25, 0.3) is 5.91 Å². The van der Waals surface area contributed by atoms with Crippen LogP contribution in [0, 0.1) is 6.92 Å². The third-order valence-corrected chi connectivity index (χ3v) is 4.87. The molecular formula is C19H18F3N5O3. The van der Waals surface area contributed by atoms with Gasteiger partial charge in [-0.3, -0.25) is 4.79 Å². The molecule has 0 saturated carbocycles. The minimum atomic E-state index is -4.56. The molecule has 0 fully saturated rings. The van der Waals surface area contributed by atoms with Crippen LogP contribution in [-0.2, 0) is 0 Å². The molecule has 0 saturated heterocycles. The lowest BCUT2D eigenvalue weighted by Gasteiger charge is -2.34. The standard InChI is InChI=1S/C19H18F3N5O3/c1-10-7-16(26-30-10)25-18(28)12-9-23-27-15(19(20,21)22)8-13(24-17(12)27)11-5-3-4-6-14(11)29-2/h3-7,9,13,15,24H,8H2,1-2H3,(H,25,26,28)/t13-,15+/m0/s1. The Balaban J connectivity index is 1.72. The second kappa shape index (κ2) is 7.39. The largest absolute Gasteiger partial charge is 0.496 e. The van der Waals surface area contributed by atoms with Crippen molar-refractivity contribution in [2.24, 2.45) is 0 Å². The number of aromatic nitrogens is 3. The van der Waals surface area contributed by atoms with Crippen LogP contribution in [0.4, 0.5) is 24.8 Å². The molecule has 2 N–H and O–H groups in total. The molecule has 0 unspecified atom stereocenters. The summed E-state index contributed by atoms with van der Waals surface area (Å²) >= 11 is 0. The lowest BCUT2D eigenvalue weighted by Crippen LogP contribution is -2.36. The van der Waals surface area contributed by atoms with Gasteiger partial charge < -0.3 is 19.9 Å². The zero-order chi connectivity index (χ0) is 21.5. The summed E-state index contributed by atoms with van der Waals surface area (Å²) in [5.74, 6) is 0.402. The summed E-state index contributed by atoms with van der Waals surface area (Å²) in [7, 11) is 1.45. The van der Waals surface area contributed by atoms with Crippen LogP contribution in [0.2, 0.25) is 0 Å². The Bertz CT molecular complexity index is 1080. The number of fused-ring (bicyclic) bond motifs is 1. The maximum absolute atomic E-state index is 13.8. The van der Waals surface area contributed by atoms with Gasteiger partial charge in [-0.15, -0.1) is 0 Å². The Morgan fingerprint density at radius 1 is 1.37 bits per heavy atom. The van der Waals surface area contributed by atoms with Crippen LogP contribution in [0.15, 0.2) is 41.1 Å². The number of hydrogen-bond acceptors (Lipinski definition) is 6. The van der Waals surface area contributed by atoms with Gasteiger partial charge in [0.2, 0.25) is 0 Å². The number of carbonyl (C=O) groups is 1. The topological polar surface area (TPSA) is 94.2 Å². The highest BCUT2D eigenvalue weighted by Gasteiger charge is 2.47. The van der Waals surface area contributed by atoms with Gasteiger partial charge >= 0.3 is 6.18 Å². The quantitative estimate of drug-likeness (QED) is 0.659. The number of benzene rings is 1. The maximum Gasteiger partial charge on any atom is 0.410 e. The monoisotopic (exact) mass is 421 g/mol. The van der Waals surface area contributed by atoms with Crippen molar-refractivity contribution in [2.75, 3.05) is 17.7 Å². The van der Waals surface area contributed by atoms with Crippen molar-refractivity contribution in [3.63, 3.8) is 0 Å². The summed E-state index contributed by atoms with van der Waals surface area (Å²) in [5.41, 5.74) is 0.518. The van der Waals surface area contributed by atoms with Gasteiger partial charge in [0.1, 0.15) is 22.9 Å². The summed E-state index contributed by atoms with van der Waals surface area (Å²) in [6.45, 7) is 1.65. The second-order valence-electron chi connectivity index (χ2n) is 6.86. The molecule has 30 heavy (non-hydrogen) atoms. The number of para-hydroxylation sites is 1. The number of halogens is 3. The SMILES string of the molecule is COc1ccccc1[C@@H]1C[C@H](C(F)(F)F)n2ncc(C(=O)Nc3cc(C)on3)c2N1. The fraction of sp³-hybridized carbons (Fsp3) is 0.316. The Labute approximate surface area is 169 Å². The first-order valence-corrected chi connectivity index (χ1v) is 9.06. The smallest absolute Gasteiger partial charge is 0.410 e. The third kappa shape index (κ3) is 3.58. The van der Waals surface area contributed by atoms with E-state index in [2.05, 4.69) is 20.9 Å². The molecule has 0 spiro atoms. The summed E-state index contributed by atoms with van der Waals surface area (Å²) in [4.78, 5) is 12.7. The first kappa shape index (κ1) is 19.8. The van der Waals surface area contributed by atoms with Crippen LogP contribution in [0.25, 0.3) is 0 Å². The van der Waals surface area contributed by atoms with E-state index in [1.165, 1.54) is 13.2 Å². The molecule has 1 aliphatic heterocycles. The molecule has 0 bridgehead atoms. The van der Waals surface area contributed by atoms with Crippen LogP contribution < -0.4 is 15.4 Å². The van der Waals surface area contributed by atoms with E-state index in [1.807, 2.05) is 0 Å². The van der Waals surface area contributed by atoms with E-state index in [9.17, 15) is 18.0 Å². The number of amides is 1. The number of alkyl halides is 3. The number of nitrogens with zero attached hydrogens (tertiary/aromatic N) is 3. The molecule has 3 aromatic rings. The molecule has 11 heteroatoms. The Morgan fingerprint density at radius 2 is 2.13 bits per heavy atom. The summed E-state index contributed by atoms with van der Waals surface area (Å²) in [6.07, 6.45) is -3.75. The lowest BCUT2D eigenvalue weighted by molar-refractivity contribution is -0.173. The zero-order valence-corrected chi connectivity index (χ0v) is 16.0. The Kier molecular flexibility index (Phi) is 4.88. The third-order valence-electron chi connectivity index (χ3n) is 4.87. The van der Waals surface area contributed by atoms with Crippen molar-refractivity contribution < 1.29 is 27.2 Å². The highest BCUT2D eigenvalue weighted by molar-refractivity contribution is 6.07. The van der Waals surface area contributed by atoms with Crippen LogP contribution in [0.5, 0.6) is 5.75 Å². The molecule has 3 heterocycles. The maximum atomic E-state index is 13.8. The van der Waals surface area contributed by atoms with Crippen LogP contribution >= 0.6 is 0 Å². The highest BCUT2D eigenvalue weighted by Crippen LogP contribution is 2.45. The fourth-order valence-corrected chi connectivity index (χ4v) is 3.50. The average Bonchev–Trinajstić information content (AvgIpc) is 3.32. The van der Waals surface area contributed by atoms with Crippen LogP contribution in [0.3, 0.4) is 0 Å². The van der Waals surface area contributed by atoms with Gasteiger partial charge in [-0.05, 0) is 13.0 Å². The second-order valence-corrected chi connectivity index (χ2v) is 6.86. The molecule has 2 aromatic heterocycles. The first-order chi connectivity index (χ1) is 14.3. The molecule has 158 valence electrons. The van der Waals surface area contributed by atoms with E-state index in [4.69, 9.17) is 9.26 Å². The molecule has 4 rings (SSSR count). The van der Waals surface area contributed by atoms with Crippen molar-refractivity contribution in [2.45, 2.75) is 31.6 Å². The van der Waals surface area contributed by atoms with Crippen LogP contribution in [0.1, 0.15) is 40.2 Å². The van der Waals surface area contributed by atoms with Crippen molar-refractivity contribution in [3.8, 4) is 5.75 Å². The van der Waals surface area contributed by atoms with E-state index in [0.717, 1.165) is 10.9 Å². The molecule has 2 atom stereocenters. The van der Waals surface area contributed by atoms with Gasteiger partial charge in [-0.2, -0.15) is 18.3 Å². The van der Waals surface area contributed by atoms with Crippen molar-refractivity contribution in [1.82, 2.24) is 14.9 Å². The first-order valence-electron chi connectivity index (χ1n) is 9.06. The van der Waals surface area contributed by atoms with Gasteiger partial charge in [0.05, 0.1) is 19.3 Å². The molecule has 0 radical (unpaired) electrons. The van der Waals surface area contributed by atoms with Gasteiger partial charge in [-0.25, -0.2) is 4.68 Å². The average molecular weight is 421 g/mol. The summed E-state index contributed by atoms with van der Waals surface area (Å²) in [5, 5.41) is 13.0. The number of nitrogens with one attached hydrogen (secondary N) is 2. The molecule has 8 nitrogen and oxygen atoms in total. The lowest BCUT2D eigenvalue weighted by atomic mass is 9.95. The predicted octanol–water partition coefficient (Wildman–Crippen LogP) is 4.10. The number of anilines is 2. The number of methoxy groups -OCH3 is 1. The molecule has 1 amide bonds. The van der Waals surface area contributed by atoms with Gasteiger partial charge in [0.15, 0.2) is 11.9 Å². The Morgan fingerprint density at radius 3 is 2.80 bits per heavy atom.